The summed E-state index contributed by atoms with van der Waals surface area (Å²) in [5.41, 5.74) is 0. The lowest BCUT2D eigenvalue weighted by Gasteiger charge is -2.04. The van der Waals surface area contributed by atoms with Crippen molar-refractivity contribution in [1.29, 1.82) is 0 Å². The Hall–Kier alpha value is -1.15. The van der Waals surface area contributed by atoms with Crippen LogP contribution in [0.15, 0.2) is 0 Å². The summed E-state index contributed by atoms with van der Waals surface area (Å²) in [5, 5.41) is 10.6. The lowest BCUT2D eigenvalue weighted by molar-refractivity contribution is -0.143. The molecule has 0 heterocycles. The molecule has 2 N–H and O–H groups in total. The van der Waals surface area contributed by atoms with E-state index in [9.17, 15) is 18.0 Å². The van der Waals surface area contributed by atoms with Gasteiger partial charge in [-0.2, -0.15) is 0 Å². The molecule has 94 valence electrons. The molecule has 0 fully saturated rings. The van der Waals surface area contributed by atoms with Crippen LogP contribution in [0.3, 0.4) is 0 Å². The predicted octanol–water partition coefficient (Wildman–Crippen LogP) is -1.36. The van der Waals surface area contributed by atoms with E-state index in [-0.39, 0.29) is 18.9 Å². The number of aliphatic carboxylic acids is 1. The van der Waals surface area contributed by atoms with E-state index in [0.29, 0.717) is 6.42 Å². The van der Waals surface area contributed by atoms with Crippen molar-refractivity contribution >= 4 is 21.7 Å². The van der Waals surface area contributed by atoms with Crippen molar-refractivity contribution in [2.75, 3.05) is 31.8 Å². The van der Waals surface area contributed by atoms with Crippen LogP contribution in [-0.4, -0.2) is 57.2 Å². The molecule has 0 radical (unpaired) electrons. The number of nitrogens with one attached hydrogen (secondary N) is 1. The Labute approximate surface area is 93.7 Å². The van der Waals surface area contributed by atoms with Gasteiger partial charge in [-0.3, -0.25) is 4.79 Å². The first-order valence-electron chi connectivity index (χ1n) is 4.55. The zero-order valence-corrected chi connectivity index (χ0v) is 9.75. The van der Waals surface area contributed by atoms with Gasteiger partial charge in [0.2, 0.25) is 5.91 Å². The summed E-state index contributed by atoms with van der Waals surface area (Å²) >= 11 is 0. The van der Waals surface area contributed by atoms with E-state index in [1.54, 1.807) is 0 Å². The highest BCUT2D eigenvalue weighted by atomic mass is 32.2. The fraction of sp³-hybridized carbons (Fsp3) is 0.750. The molecule has 0 aromatic heterocycles. The first-order valence-corrected chi connectivity index (χ1v) is 6.61. The van der Waals surface area contributed by atoms with Crippen molar-refractivity contribution in [2.45, 2.75) is 6.42 Å². The molecule has 0 bridgehead atoms. The van der Waals surface area contributed by atoms with E-state index < -0.39 is 28.3 Å². The summed E-state index contributed by atoms with van der Waals surface area (Å²) in [6.07, 6.45) is 1.44. The van der Waals surface area contributed by atoms with Crippen LogP contribution in [0.5, 0.6) is 0 Å². The molecular weight excluding hydrogens is 238 g/mol. The number of rotatable bonds is 8. The molecule has 0 spiro atoms. The van der Waals surface area contributed by atoms with Crippen LogP contribution < -0.4 is 5.32 Å². The van der Waals surface area contributed by atoms with Crippen LogP contribution >= 0.6 is 0 Å². The lowest BCUT2D eigenvalue weighted by atomic mass is 10.4. The quantitative estimate of drug-likeness (QED) is 0.517. The number of carbonyl (C=O) groups is 2. The predicted molar refractivity (Wildman–Crippen MR) is 55.8 cm³/mol. The molecule has 0 saturated carbocycles. The molecule has 0 aliphatic carbocycles. The summed E-state index contributed by atoms with van der Waals surface area (Å²) in [6, 6.07) is 0. The van der Waals surface area contributed by atoms with Gasteiger partial charge >= 0.3 is 5.97 Å². The first kappa shape index (κ1) is 14.8. The SMILES string of the molecule is CS(=O)(=O)CCCNC(=O)COCC(=O)O. The van der Waals surface area contributed by atoms with Crippen molar-refractivity contribution in [2.24, 2.45) is 0 Å². The van der Waals surface area contributed by atoms with Crippen molar-refractivity contribution in [3.05, 3.63) is 0 Å². The van der Waals surface area contributed by atoms with Crippen molar-refractivity contribution in [3.8, 4) is 0 Å². The average Bonchev–Trinajstić information content (AvgIpc) is 2.10. The van der Waals surface area contributed by atoms with Gasteiger partial charge in [-0.25, -0.2) is 13.2 Å². The monoisotopic (exact) mass is 253 g/mol. The second kappa shape index (κ2) is 7.18. The van der Waals surface area contributed by atoms with E-state index in [0.717, 1.165) is 6.26 Å². The maximum atomic E-state index is 11.0. The third-order valence-corrected chi connectivity index (χ3v) is 2.50. The summed E-state index contributed by atoms with van der Waals surface area (Å²) in [5.74, 6) is -1.61. The number of carboxylic acid groups (broad SMARTS) is 1. The average molecular weight is 253 g/mol. The smallest absolute Gasteiger partial charge is 0.329 e. The number of sulfone groups is 1. The van der Waals surface area contributed by atoms with E-state index >= 15 is 0 Å². The van der Waals surface area contributed by atoms with Crippen LogP contribution in [0.2, 0.25) is 0 Å². The minimum absolute atomic E-state index is 0.00324. The van der Waals surface area contributed by atoms with Gasteiger partial charge in [-0.1, -0.05) is 0 Å². The van der Waals surface area contributed by atoms with Gasteiger partial charge in [0.1, 0.15) is 23.1 Å². The molecule has 0 saturated heterocycles. The Balaban J connectivity index is 3.48. The zero-order chi connectivity index (χ0) is 12.6. The molecule has 0 aliphatic heterocycles. The van der Waals surface area contributed by atoms with E-state index in [4.69, 9.17) is 5.11 Å². The second-order valence-electron chi connectivity index (χ2n) is 3.22. The summed E-state index contributed by atoms with van der Waals surface area (Å²) < 4.78 is 26.0. The normalized spacial score (nSPS) is 11.1. The number of ether oxygens (including phenoxy) is 1. The van der Waals surface area contributed by atoms with Crippen LogP contribution in [0.1, 0.15) is 6.42 Å². The van der Waals surface area contributed by atoms with E-state index in [2.05, 4.69) is 10.1 Å². The van der Waals surface area contributed by atoms with Gasteiger partial charge in [-0.05, 0) is 6.42 Å². The topological polar surface area (TPSA) is 110 Å². The molecule has 7 nitrogen and oxygen atoms in total. The van der Waals surface area contributed by atoms with Gasteiger partial charge < -0.3 is 15.2 Å². The highest BCUT2D eigenvalue weighted by molar-refractivity contribution is 7.90. The molecule has 8 heteroatoms. The number of amides is 1. The van der Waals surface area contributed by atoms with Crippen LogP contribution in [-0.2, 0) is 24.2 Å². The third kappa shape index (κ3) is 10.9. The number of carboxylic acids is 1. The Morgan fingerprint density at radius 1 is 1.31 bits per heavy atom. The standard InChI is InChI=1S/C8H15NO6S/c1-16(13,14)4-2-3-9-7(10)5-15-6-8(11)12/h2-6H2,1H3,(H,9,10)(H,11,12). The van der Waals surface area contributed by atoms with Gasteiger partial charge in [0.05, 0.1) is 5.75 Å². The van der Waals surface area contributed by atoms with Gasteiger partial charge in [-0.15, -0.1) is 0 Å². The van der Waals surface area contributed by atoms with Crippen molar-refractivity contribution in [3.63, 3.8) is 0 Å². The number of carbonyl (C=O) groups excluding carboxylic acids is 1. The molecule has 16 heavy (non-hydrogen) atoms. The Morgan fingerprint density at radius 2 is 1.94 bits per heavy atom. The minimum Gasteiger partial charge on any atom is -0.480 e. The number of hydrogen-bond acceptors (Lipinski definition) is 5. The molecular formula is C8H15NO6S. The lowest BCUT2D eigenvalue weighted by Crippen LogP contribution is -2.30. The molecule has 0 aromatic carbocycles. The van der Waals surface area contributed by atoms with Gasteiger partial charge in [0.15, 0.2) is 0 Å². The summed E-state index contributed by atoms with van der Waals surface area (Å²) in [7, 11) is -3.01. The van der Waals surface area contributed by atoms with Gasteiger partial charge in [0.25, 0.3) is 0 Å². The fourth-order valence-electron chi connectivity index (χ4n) is 0.844. The van der Waals surface area contributed by atoms with Crippen molar-refractivity contribution < 1.29 is 27.9 Å². The zero-order valence-electron chi connectivity index (χ0n) is 8.93. The van der Waals surface area contributed by atoms with Crippen LogP contribution in [0.25, 0.3) is 0 Å². The van der Waals surface area contributed by atoms with Gasteiger partial charge in [0, 0.05) is 12.8 Å². The molecule has 1 amide bonds. The Morgan fingerprint density at radius 3 is 2.44 bits per heavy atom. The molecule has 0 aliphatic rings. The first-order chi connectivity index (χ1) is 7.31. The highest BCUT2D eigenvalue weighted by Gasteiger charge is 2.05. The van der Waals surface area contributed by atoms with Crippen LogP contribution in [0.4, 0.5) is 0 Å². The molecule has 0 rings (SSSR count). The maximum absolute atomic E-state index is 11.0. The molecule has 0 unspecified atom stereocenters. The summed E-state index contributed by atoms with van der Waals surface area (Å²) in [6.45, 7) is -0.649. The molecule has 0 aromatic rings. The number of hydrogen-bond donors (Lipinski definition) is 2. The van der Waals surface area contributed by atoms with Crippen LogP contribution in [0, 0.1) is 0 Å². The fourth-order valence-corrected chi connectivity index (χ4v) is 1.51. The second-order valence-corrected chi connectivity index (χ2v) is 5.48. The third-order valence-electron chi connectivity index (χ3n) is 1.47. The maximum Gasteiger partial charge on any atom is 0.329 e. The largest absolute Gasteiger partial charge is 0.480 e. The minimum atomic E-state index is -3.01. The Bertz CT molecular complexity index is 336. The van der Waals surface area contributed by atoms with E-state index in [1.807, 2.05) is 0 Å². The Kier molecular flexibility index (Phi) is 6.66. The molecule has 0 atom stereocenters. The summed E-state index contributed by atoms with van der Waals surface area (Å²) in [4.78, 5) is 21.0. The van der Waals surface area contributed by atoms with E-state index in [1.165, 1.54) is 0 Å². The highest BCUT2D eigenvalue weighted by Crippen LogP contribution is 1.87. The van der Waals surface area contributed by atoms with Crippen molar-refractivity contribution in [1.82, 2.24) is 5.32 Å².